The Morgan fingerprint density at radius 1 is 1.10 bits per heavy atom. The molecular weight excluding hydrogens is 253 g/mol. The van der Waals surface area contributed by atoms with Crippen molar-refractivity contribution in [2.24, 2.45) is 5.73 Å². The number of benzene rings is 2. The van der Waals surface area contributed by atoms with E-state index in [1.165, 1.54) is 6.07 Å². The highest BCUT2D eigenvalue weighted by Gasteiger charge is 2.15. The van der Waals surface area contributed by atoms with Gasteiger partial charge in [-0.3, -0.25) is 0 Å². The molecule has 0 bridgehead atoms. The van der Waals surface area contributed by atoms with Crippen molar-refractivity contribution in [3.05, 3.63) is 65.0 Å². The number of ether oxygens (including phenoxy) is 1. The quantitative estimate of drug-likeness (QED) is 0.901. The van der Waals surface area contributed by atoms with Crippen LogP contribution >= 0.6 is 0 Å². The Balaban J connectivity index is 2.31. The number of nitrogens with two attached hydrogens (primary N) is 1. The average molecular weight is 273 g/mol. The molecule has 3 heteroatoms. The predicted molar refractivity (Wildman–Crippen MR) is 79.2 cm³/mol. The SMILES string of the molecule is Cc1cc(OC(C)c2ccccc2)c([C@@H](C)N)cc1F. The third-order valence-corrected chi connectivity index (χ3v) is 3.35. The molecule has 1 unspecified atom stereocenters. The summed E-state index contributed by atoms with van der Waals surface area (Å²) in [5, 5.41) is 0. The molecule has 0 aliphatic rings. The zero-order valence-corrected chi connectivity index (χ0v) is 12.1. The van der Waals surface area contributed by atoms with Gasteiger partial charge in [-0.1, -0.05) is 30.3 Å². The molecule has 2 aromatic carbocycles. The molecule has 106 valence electrons. The third-order valence-electron chi connectivity index (χ3n) is 3.35. The summed E-state index contributed by atoms with van der Waals surface area (Å²) in [6.07, 6.45) is -0.112. The van der Waals surface area contributed by atoms with Gasteiger partial charge in [0, 0.05) is 11.6 Å². The van der Waals surface area contributed by atoms with Crippen LogP contribution in [0.4, 0.5) is 4.39 Å². The number of halogens is 1. The summed E-state index contributed by atoms with van der Waals surface area (Å²) in [5.41, 5.74) is 8.23. The Kier molecular flexibility index (Phi) is 4.40. The van der Waals surface area contributed by atoms with Gasteiger partial charge in [-0.15, -0.1) is 0 Å². The minimum Gasteiger partial charge on any atom is -0.486 e. The second-order valence-electron chi connectivity index (χ2n) is 5.10. The van der Waals surface area contributed by atoms with Gasteiger partial charge in [-0.05, 0) is 44.0 Å². The zero-order valence-electron chi connectivity index (χ0n) is 12.1. The van der Waals surface area contributed by atoms with Gasteiger partial charge in [0.2, 0.25) is 0 Å². The maximum absolute atomic E-state index is 13.7. The van der Waals surface area contributed by atoms with E-state index in [0.717, 1.165) is 5.56 Å². The fourth-order valence-corrected chi connectivity index (χ4v) is 2.11. The Morgan fingerprint density at radius 3 is 2.35 bits per heavy atom. The number of hydrogen-bond acceptors (Lipinski definition) is 2. The Hall–Kier alpha value is -1.87. The summed E-state index contributed by atoms with van der Waals surface area (Å²) in [6, 6.07) is 12.8. The lowest BCUT2D eigenvalue weighted by molar-refractivity contribution is 0.223. The molecule has 2 N–H and O–H groups in total. The van der Waals surface area contributed by atoms with Crippen LogP contribution in [-0.4, -0.2) is 0 Å². The maximum Gasteiger partial charge on any atom is 0.126 e. The molecule has 20 heavy (non-hydrogen) atoms. The zero-order chi connectivity index (χ0) is 14.7. The second kappa shape index (κ2) is 6.06. The normalized spacial score (nSPS) is 13.8. The van der Waals surface area contributed by atoms with Crippen LogP contribution in [-0.2, 0) is 0 Å². The summed E-state index contributed by atoms with van der Waals surface area (Å²) in [7, 11) is 0. The van der Waals surface area contributed by atoms with Gasteiger partial charge in [0.1, 0.15) is 17.7 Å². The van der Waals surface area contributed by atoms with Gasteiger partial charge in [0.05, 0.1) is 0 Å². The van der Waals surface area contributed by atoms with Gasteiger partial charge in [0.15, 0.2) is 0 Å². The average Bonchev–Trinajstić information content (AvgIpc) is 2.43. The van der Waals surface area contributed by atoms with Crippen LogP contribution in [0.1, 0.15) is 42.7 Å². The fourth-order valence-electron chi connectivity index (χ4n) is 2.11. The van der Waals surface area contributed by atoms with E-state index in [4.69, 9.17) is 10.5 Å². The molecule has 0 heterocycles. The van der Waals surface area contributed by atoms with Crippen LogP contribution in [0.5, 0.6) is 5.75 Å². The number of rotatable bonds is 4. The van der Waals surface area contributed by atoms with Crippen molar-refractivity contribution >= 4 is 0 Å². The van der Waals surface area contributed by atoms with Gasteiger partial charge in [-0.25, -0.2) is 4.39 Å². The van der Waals surface area contributed by atoms with E-state index >= 15 is 0 Å². The smallest absolute Gasteiger partial charge is 0.126 e. The molecule has 2 aromatic rings. The molecule has 0 saturated heterocycles. The van der Waals surface area contributed by atoms with E-state index in [0.29, 0.717) is 16.9 Å². The van der Waals surface area contributed by atoms with Gasteiger partial charge in [0.25, 0.3) is 0 Å². The van der Waals surface area contributed by atoms with Crippen molar-refractivity contribution in [1.82, 2.24) is 0 Å². The van der Waals surface area contributed by atoms with E-state index in [9.17, 15) is 4.39 Å². The maximum atomic E-state index is 13.7. The van der Waals surface area contributed by atoms with Crippen LogP contribution < -0.4 is 10.5 Å². The summed E-state index contributed by atoms with van der Waals surface area (Å²) in [4.78, 5) is 0. The van der Waals surface area contributed by atoms with Crippen molar-refractivity contribution in [3.8, 4) is 5.75 Å². The first-order valence-electron chi connectivity index (χ1n) is 6.76. The van der Waals surface area contributed by atoms with Crippen LogP contribution in [0.2, 0.25) is 0 Å². The first-order chi connectivity index (χ1) is 9.49. The first kappa shape index (κ1) is 14.5. The van der Waals surface area contributed by atoms with Crippen molar-refractivity contribution in [2.75, 3.05) is 0 Å². The minimum absolute atomic E-state index is 0.112. The first-order valence-corrected chi connectivity index (χ1v) is 6.76. The Labute approximate surface area is 119 Å². The summed E-state index contributed by atoms with van der Waals surface area (Å²) >= 11 is 0. The number of hydrogen-bond donors (Lipinski definition) is 1. The highest BCUT2D eigenvalue weighted by atomic mass is 19.1. The van der Waals surface area contributed by atoms with Gasteiger partial charge in [-0.2, -0.15) is 0 Å². The topological polar surface area (TPSA) is 35.2 Å². The standard InChI is InChI=1S/C17H20FNO/c1-11-9-17(15(12(2)19)10-16(11)18)20-13(3)14-7-5-4-6-8-14/h4-10,12-13H,19H2,1-3H3/t12-,13?/m1/s1. The molecule has 0 spiro atoms. The van der Waals surface area contributed by atoms with Crippen molar-refractivity contribution in [3.63, 3.8) is 0 Å². The lowest BCUT2D eigenvalue weighted by Gasteiger charge is -2.20. The van der Waals surface area contributed by atoms with Crippen LogP contribution in [0.15, 0.2) is 42.5 Å². The molecule has 0 aliphatic carbocycles. The largest absolute Gasteiger partial charge is 0.486 e. The van der Waals surface area contributed by atoms with Gasteiger partial charge < -0.3 is 10.5 Å². The van der Waals surface area contributed by atoms with E-state index in [1.807, 2.05) is 44.2 Å². The van der Waals surface area contributed by atoms with E-state index in [2.05, 4.69) is 0 Å². The lowest BCUT2D eigenvalue weighted by atomic mass is 10.0. The molecule has 0 aliphatic heterocycles. The number of aryl methyl sites for hydroxylation is 1. The van der Waals surface area contributed by atoms with Crippen LogP contribution in [0.25, 0.3) is 0 Å². The molecule has 0 amide bonds. The molecule has 0 aromatic heterocycles. The van der Waals surface area contributed by atoms with Crippen molar-refractivity contribution < 1.29 is 9.13 Å². The fraction of sp³-hybridized carbons (Fsp3) is 0.294. The third kappa shape index (κ3) is 3.17. The second-order valence-corrected chi connectivity index (χ2v) is 5.10. The van der Waals surface area contributed by atoms with Crippen molar-refractivity contribution in [2.45, 2.75) is 32.9 Å². The van der Waals surface area contributed by atoms with E-state index in [-0.39, 0.29) is 18.0 Å². The molecule has 0 radical (unpaired) electrons. The van der Waals surface area contributed by atoms with E-state index in [1.54, 1.807) is 13.0 Å². The molecule has 2 rings (SSSR count). The molecule has 0 saturated carbocycles. The molecular formula is C17H20FNO. The highest BCUT2D eigenvalue weighted by Crippen LogP contribution is 2.30. The van der Waals surface area contributed by atoms with Crippen molar-refractivity contribution in [1.29, 1.82) is 0 Å². The molecule has 0 fully saturated rings. The monoisotopic (exact) mass is 273 g/mol. The van der Waals surface area contributed by atoms with Crippen LogP contribution in [0, 0.1) is 12.7 Å². The summed E-state index contributed by atoms with van der Waals surface area (Å²) in [5.74, 6) is 0.396. The Bertz CT molecular complexity index is 581. The molecule has 2 atom stereocenters. The summed E-state index contributed by atoms with van der Waals surface area (Å²) in [6.45, 7) is 5.52. The Morgan fingerprint density at radius 2 is 1.75 bits per heavy atom. The molecule has 2 nitrogen and oxygen atoms in total. The predicted octanol–water partition coefficient (Wildman–Crippen LogP) is 4.29. The van der Waals surface area contributed by atoms with Gasteiger partial charge >= 0.3 is 0 Å². The van der Waals surface area contributed by atoms with E-state index < -0.39 is 0 Å². The summed E-state index contributed by atoms with van der Waals surface area (Å²) < 4.78 is 19.7. The highest BCUT2D eigenvalue weighted by molar-refractivity contribution is 5.40. The van der Waals surface area contributed by atoms with Crippen LogP contribution in [0.3, 0.4) is 0 Å². The lowest BCUT2D eigenvalue weighted by Crippen LogP contribution is -2.11. The minimum atomic E-state index is -0.275.